The van der Waals surface area contributed by atoms with E-state index in [4.69, 9.17) is 4.74 Å². The maximum Gasteiger partial charge on any atom is 0.0469 e. The molecule has 1 aliphatic rings. The number of rotatable bonds is 4. The van der Waals surface area contributed by atoms with Crippen LogP contribution in [0, 0.1) is 12.8 Å². The molecule has 0 N–H and O–H groups in total. The van der Waals surface area contributed by atoms with Gasteiger partial charge in [-0.3, -0.25) is 0 Å². The molecule has 0 amide bonds. The lowest BCUT2D eigenvalue weighted by atomic mass is 9.99. The Kier molecular flexibility index (Phi) is 5.22. The highest BCUT2D eigenvalue weighted by molar-refractivity contribution is 9.10. The van der Waals surface area contributed by atoms with Crippen molar-refractivity contribution < 1.29 is 4.74 Å². The molecular formula is C15H22BrNO. The number of nitrogens with zero attached hydrogens (tertiary/aromatic N) is 1. The number of halogens is 1. The van der Waals surface area contributed by atoms with Crippen molar-refractivity contribution in [2.45, 2.75) is 26.3 Å². The number of hydrogen-bond acceptors (Lipinski definition) is 2. The molecule has 3 heteroatoms. The highest BCUT2D eigenvalue weighted by Gasteiger charge is 2.16. The predicted octanol–water partition coefficient (Wildman–Crippen LogP) is 3.62. The monoisotopic (exact) mass is 311 g/mol. The molecule has 0 spiro atoms. The van der Waals surface area contributed by atoms with Gasteiger partial charge in [-0.1, -0.05) is 28.1 Å². The Balaban J connectivity index is 1.90. The standard InChI is InChI=1S/C15H22BrNO/c1-12-14(4-3-5-15(12)16)11-17(2)10-13-6-8-18-9-7-13/h3-5,13H,6-11H2,1-2H3. The van der Waals surface area contributed by atoms with E-state index in [1.54, 1.807) is 0 Å². The van der Waals surface area contributed by atoms with E-state index in [1.807, 2.05) is 0 Å². The smallest absolute Gasteiger partial charge is 0.0469 e. The molecule has 0 aromatic heterocycles. The topological polar surface area (TPSA) is 12.5 Å². The Hall–Kier alpha value is -0.380. The Morgan fingerprint density at radius 2 is 2.06 bits per heavy atom. The van der Waals surface area contributed by atoms with Crippen molar-refractivity contribution in [2.75, 3.05) is 26.8 Å². The molecule has 0 radical (unpaired) electrons. The lowest BCUT2D eigenvalue weighted by molar-refractivity contribution is 0.0549. The fraction of sp³-hybridized carbons (Fsp3) is 0.600. The summed E-state index contributed by atoms with van der Waals surface area (Å²) in [6, 6.07) is 6.45. The van der Waals surface area contributed by atoms with Crippen molar-refractivity contribution in [3.05, 3.63) is 33.8 Å². The Bertz CT molecular complexity index is 388. The lowest BCUT2D eigenvalue weighted by Crippen LogP contribution is -2.29. The fourth-order valence-corrected chi connectivity index (χ4v) is 2.96. The third-order valence-electron chi connectivity index (χ3n) is 3.73. The first-order valence-electron chi connectivity index (χ1n) is 6.67. The van der Waals surface area contributed by atoms with Gasteiger partial charge in [-0.2, -0.15) is 0 Å². The van der Waals surface area contributed by atoms with Gasteiger partial charge in [0.2, 0.25) is 0 Å². The molecule has 0 saturated carbocycles. The van der Waals surface area contributed by atoms with Crippen molar-refractivity contribution >= 4 is 15.9 Å². The maximum absolute atomic E-state index is 5.41. The molecule has 2 rings (SSSR count). The third-order valence-corrected chi connectivity index (χ3v) is 4.59. The van der Waals surface area contributed by atoms with Gasteiger partial charge in [0.05, 0.1) is 0 Å². The van der Waals surface area contributed by atoms with Crippen molar-refractivity contribution in [1.29, 1.82) is 0 Å². The minimum Gasteiger partial charge on any atom is -0.381 e. The average Bonchev–Trinajstić information content (AvgIpc) is 2.36. The molecule has 1 heterocycles. The molecule has 1 saturated heterocycles. The van der Waals surface area contributed by atoms with Gasteiger partial charge in [-0.15, -0.1) is 0 Å². The summed E-state index contributed by atoms with van der Waals surface area (Å²) in [4.78, 5) is 2.44. The highest BCUT2D eigenvalue weighted by atomic mass is 79.9. The van der Waals surface area contributed by atoms with E-state index in [-0.39, 0.29) is 0 Å². The Labute approximate surface area is 118 Å². The van der Waals surface area contributed by atoms with Gasteiger partial charge in [0.1, 0.15) is 0 Å². The second kappa shape index (κ2) is 6.69. The second-order valence-corrected chi connectivity index (χ2v) is 6.13. The summed E-state index contributed by atoms with van der Waals surface area (Å²) in [5.74, 6) is 0.802. The normalized spacial score (nSPS) is 17.3. The van der Waals surface area contributed by atoms with Gasteiger partial charge < -0.3 is 9.64 Å². The van der Waals surface area contributed by atoms with Gasteiger partial charge in [-0.25, -0.2) is 0 Å². The average molecular weight is 312 g/mol. The summed E-state index contributed by atoms with van der Waals surface area (Å²) in [5, 5.41) is 0. The van der Waals surface area contributed by atoms with E-state index in [1.165, 1.54) is 35.0 Å². The van der Waals surface area contributed by atoms with E-state index in [0.29, 0.717) is 0 Å². The van der Waals surface area contributed by atoms with Crippen LogP contribution < -0.4 is 0 Å². The third kappa shape index (κ3) is 3.81. The van der Waals surface area contributed by atoms with Crippen LogP contribution >= 0.6 is 15.9 Å². The van der Waals surface area contributed by atoms with Crippen molar-refractivity contribution in [1.82, 2.24) is 4.90 Å². The highest BCUT2D eigenvalue weighted by Crippen LogP contribution is 2.21. The van der Waals surface area contributed by atoms with Gasteiger partial charge in [-0.05, 0) is 49.9 Å². The number of hydrogen-bond donors (Lipinski definition) is 0. The minimum absolute atomic E-state index is 0.802. The fourth-order valence-electron chi connectivity index (χ4n) is 2.55. The number of benzene rings is 1. The zero-order chi connectivity index (χ0) is 13.0. The van der Waals surface area contributed by atoms with Crippen LogP contribution in [0.5, 0.6) is 0 Å². The summed E-state index contributed by atoms with van der Waals surface area (Å²) in [7, 11) is 2.22. The molecule has 1 aromatic rings. The summed E-state index contributed by atoms with van der Waals surface area (Å²) < 4.78 is 6.62. The molecular weight excluding hydrogens is 290 g/mol. The van der Waals surface area contributed by atoms with Crippen LogP contribution in [0.15, 0.2) is 22.7 Å². The van der Waals surface area contributed by atoms with E-state index in [9.17, 15) is 0 Å². The van der Waals surface area contributed by atoms with Crippen LogP contribution in [-0.2, 0) is 11.3 Å². The summed E-state index contributed by atoms with van der Waals surface area (Å²) in [6.07, 6.45) is 2.42. The van der Waals surface area contributed by atoms with Crippen LogP contribution in [0.25, 0.3) is 0 Å². The Morgan fingerprint density at radius 1 is 1.33 bits per heavy atom. The first-order valence-corrected chi connectivity index (χ1v) is 7.46. The SMILES string of the molecule is Cc1c(Br)cccc1CN(C)CC1CCOCC1. The molecule has 18 heavy (non-hydrogen) atoms. The van der Waals surface area contributed by atoms with Crippen molar-refractivity contribution in [3.63, 3.8) is 0 Å². The largest absolute Gasteiger partial charge is 0.381 e. The van der Waals surface area contributed by atoms with Crippen LogP contribution in [0.4, 0.5) is 0 Å². The summed E-state index contributed by atoms with van der Waals surface area (Å²) >= 11 is 3.60. The van der Waals surface area contributed by atoms with Crippen LogP contribution in [0.3, 0.4) is 0 Å². The first-order chi connectivity index (χ1) is 8.66. The molecule has 2 nitrogen and oxygen atoms in total. The minimum atomic E-state index is 0.802. The van der Waals surface area contributed by atoms with E-state index < -0.39 is 0 Å². The molecule has 1 aliphatic heterocycles. The van der Waals surface area contributed by atoms with Gasteiger partial charge >= 0.3 is 0 Å². The number of ether oxygens (including phenoxy) is 1. The lowest BCUT2D eigenvalue weighted by Gasteiger charge is -2.27. The van der Waals surface area contributed by atoms with Gasteiger partial charge in [0.15, 0.2) is 0 Å². The van der Waals surface area contributed by atoms with Crippen molar-refractivity contribution in [2.24, 2.45) is 5.92 Å². The molecule has 0 atom stereocenters. The first kappa shape index (κ1) is 14.0. The maximum atomic E-state index is 5.41. The van der Waals surface area contributed by atoms with Crippen LogP contribution in [0.1, 0.15) is 24.0 Å². The molecule has 0 unspecified atom stereocenters. The summed E-state index contributed by atoms with van der Waals surface area (Å²) in [5.41, 5.74) is 2.77. The van der Waals surface area contributed by atoms with Crippen LogP contribution in [0.2, 0.25) is 0 Å². The quantitative estimate of drug-likeness (QED) is 0.842. The van der Waals surface area contributed by atoms with Crippen LogP contribution in [-0.4, -0.2) is 31.7 Å². The van der Waals surface area contributed by atoms with E-state index in [2.05, 4.69) is 53.0 Å². The second-order valence-electron chi connectivity index (χ2n) is 5.28. The molecule has 100 valence electrons. The summed E-state index contributed by atoms with van der Waals surface area (Å²) in [6.45, 7) is 6.27. The van der Waals surface area contributed by atoms with Crippen molar-refractivity contribution in [3.8, 4) is 0 Å². The molecule has 1 fully saturated rings. The zero-order valence-electron chi connectivity index (χ0n) is 11.3. The molecule has 0 bridgehead atoms. The van der Waals surface area contributed by atoms with E-state index in [0.717, 1.165) is 25.7 Å². The van der Waals surface area contributed by atoms with Gasteiger partial charge in [0.25, 0.3) is 0 Å². The zero-order valence-corrected chi connectivity index (χ0v) is 12.9. The predicted molar refractivity (Wildman–Crippen MR) is 78.8 cm³/mol. The van der Waals surface area contributed by atoms with E-state index >= 15 is 0 Å². The molecule has 0 aliphatic carbocycles. The molecule has 1 aromatic carbocycles. The Morgan fingerprint density at radius 3 is 2.78 bits per heavy atom. The van der Waals surface area contributed by atoms with Gasteiger partial charge in [0, 0.05) is 30.8 Å².